The van der Waals surface area contributed by atoms with Crippen LogP contribution in [0.5, 0.6) is 5.75 Å². The molecule has 11 heteroatoms. The highest BCUT2D eigenvalue weighted by Gasteiger charge is 2.29. The van der Waals surface area contributed by atoms with Crippen molar-refractivity contribution in [2.45, 2.75) is 11.1 Å². The first-order chi connectivity index (χ1) is 13.3. The van der Waals surface area contributed by atoms with E-state index in [2.05, 4.69) is 20.0 Å². The predicted molar refractivity (Wildman–Crippen MR) is 101 cm³/mol. The van der Waals surface area contributed by atoms with E-state index in [4.69, 9.17) is 16.3 Å². The number of ether oxygens (including phenoxy) is 1. The number of hydrogen-bond donors (Lipinski definition) is 2. The minimum Gasteiger partial charge on any atom is -0.482 e. The topological polar surface area (TPSA) is 76.1 Å². The van der Waals surface area contributed by atoms with Gasteiger partial charge in [0.15, 0.2) is 6.61 Å². The van der Waals surface area contributed by atoms with E-state index < -0.39 is 23.8 Å². The summed E-state index contributed by atoms with van der Waals surface area (Å²) in [7, 11) is -0.0431. The van der Waals surface area contributed by atoms with Crippen LogP contribution >= 0.6 is 11.6 Å². The molecule has 6 nitrogen and oxygen atoms in total. The molecule has 0 saturated heterocycles. The Bertz CT molecular complexity index is 1030. The molecule has 0 bridgehead atoms. The zero-order valence-electron chi connectivity index (χ0n) is 14.4. The molecule has 3 rings (SSSR count). The lowest BCUT2D eigenvalue weighted by atomic mass is 10.2. The molecule has 0 fully saturated rings. The van der Waals surface area contributed by atoms with Gasteiger partial charge < -0.3 is 10.1 Å². The molecule has 0 amide bonds. The van der Waals surface area contributed by atoms with Gasteiger partial charge >= 0.3 is 6.18 Å². The van der Waals surface area contributed by atoms with Crippen LogP contribution in [-0.2, 0) is 11.0 Å². The van der Waals surface area contributed by atoms with Crippen molar-refractivity contribution < 1.29 is 22.1 Å². The third-order valence-corrected chi connectivity index (χ3v) is 4.88. The number of nitrogens with one attached hydrogen (secondary N) is 2. The summed E-state index contributed by atoms with van der Waals surface area (Å²) < 4.78 is 57.2. The highest BCUT2D eigenvalue weighted by molar-refractivity contribution is 7.83. The van der Waals surface area contributed by atoms with Gasteiger partial charge in [-0.1, -0.05) is 11.6 Å². The van der Waals surface area contributed by atoms with Crippen LogP contribution in [0.4, 0.5) is 24.7 Å². The number of alkyl halides is 3. The Morgan fingerprint density at radius 3 is 2.68 bits per heavy atom. The maximum atomic E-state index is 12.6. The lowest BCUT2D eigenvalue weighted by Crippen LogP contribution is -2.19. The van der Waals surface area contributed by atoms with E-state index in [9.17, 15) is 17.4 Å². The van der Waals surface area contributed by atoms with Gasteiger partial charge in [-0.3, -0.25) is 0 Å². The Balaban J connectivity index is 2.03. The molecule has 0 radical (unpaired) electrons. The minimum atomic E-state index is -4.50. The molecule has 1 aromatic heterocycles. The Labute approximate surface area is 165 Å². The first-order valence-corrected chi connectivity index (χ1v) is 9.39. The number of aromatic nitrogens is 2. The first-order valence-electron chi connectivity index (χ1n) is 7.87. The SMILES string of the molecule is CNS(=O)c1ccc(OCC(F)(F)F)c(Nc2ncnc3ccc(Cl)cc23)c1. The lowest BCUT2D eigenvalue weighted by molar-refractivity contribution is -0.153. The third-order valence-electron chi connectivity index (χ3n) is 3.59. The first kappa shape index (κ1) is 20.3. The lowest BCUT2D eigenvalue weighted by Gasteiger charge is -2.16. The maximum Gasteiger partial charge on any atom is 0.422 e. The molecule has 0 aliphatic heterocycles. The van der Waals surface area contributed by atoms with Gasteiger partial charge in [-0.2, -0.15) is 13.2 Å². The number of hydrogen-bond acceptors (Lipinski definition) is 5. The summed E-state index contributed by atoms with van der Waals surface area (Å²) in [5.41, 5.74) is 0.764. The molecule has 0 aliphatic rings. The van der Waals surface area contributed by atoms with Crippen molar-refractivity contribution in [1.82, 2.24) is 14.7 Å². The average Bonchev–Trinajstić information content (AvgIpc) is 2.66. The Morgan fingerprint density at radius 1 is 1.18 bits per heavy atom. The van der Waals surface area contributed by atoms with Crippen molar-refractivity contribution in [3.63, 3.8) is 0 Å². The Hall–Kier alpha value is -2.43. The van der Waals surface area contributed by atoms with Gasteiger partial charge in [-0.05, 0) is 43.4 Å². The monoisotopic (exact) mass is 430 g/mol. The zero-order valence-corrected chi connectivity index (χ0v) is 16.0. The van der Waals surface area contributed by atoms with Crippen molar-refractivity contribution in [2.75, 3.05) is 19.0 Å². The van der Waals surface area contributed by atoms with Gasteiger partial charge in [0.25, 0.3) is 0 Å². The van der Waals surface area contributed by atoms with E-state index in [0.29, 0.717) is 26.6 Å². The van der Waals surface area contributed by atoms with E-state index in [1.54, 1.807) is 18.2 Å². The number of benzene rings is 2. The molecule has 3 aromatic rings. The second-order valence-electron chi connectivity index (χ2n) is 5.54. The molecular formula is C17H14ClF3N4O2S. The highest BCUT2D eigenvalue weighted by atomic mass is 35.5. The molecule has 1 unspecified atom stereocenters. The number of rotatable bonds is 6. The predicted octanol–water partition coefficient (Wildman–Crippen LogP) is 4.21. The summed E-state index contributed by atoms with van der Waals surface area (Å²) >= 11 is 6.03. The van der Waals surface area contributed by atoms with Crippen molar-refractivity contribution in [1.29, 1.82) is 0 Å². The molecule has 1 heterocycles. The van der Waals surface area contributed by atoms with Crippen LogP contribution in [-0.4, -0.2) is 34.0 Å². The fourth-order valence-electron chi connectivity index (χ4n) is 2.38. The van der Waals surface area contributed by atoms with Crippen LogP contribution < -0.4 is 14.8 Å². The highest BCUT2D eigenvalue weighted by Crippen LogP contribution is 2.33. The third kappa shape index (κ3) is 4.89. The molecule has 2 aromatic carbocycles. The van der Waals surface area contributed by atoms with Gasteiger partial charge in [0.1, 0.15) is 28.9 Å². The molecular weight excluding hydrogens is 417 g/mol. The molecule has 1 atom stereocenters. The summed E-state index contributed by atoms with van der Waals surface area (Å²) in [4.78, 5) is 8.61. The largest absolute Gasteiger partial charge is 0.482 e. The summed E-state index contributed by atoms with van der Waals surface area (Å²) in [5, 5.41) is 3.95. The number of fused-ring (bicyclic) bond motifs is 1. The molecule has 0 spiro atoms. The standard InChI is InChI=1S/C17H14ClF3N4O2S/c1-22-28(26)11-3-5-15(27-8-17(19,20)21)14(7-11)25-16-12-6-10(18)2-4-13(12)23-9-24-16/h2-7,9,22H,8H2,1H3,(H,23,24,25). The second kappa shape index (κ2) is 8.29. The van der Waals surface area contributed by atoms with Crippen molar-refractivity contribution in [2.24, 2.45) is 0 Å². The van der Waals surface area contributed by atoms with Crippen LogP contribution in [0.1, 0.15) is 0 Å². The van der Waals surface area contributed by atoms with E-state index in [0.717, 1.165) is 0 Å². The van der Waals surface area contributed by atoms with Gasteiger partial charge in [0, 0.05) is 10.4 Å². The van der Waals surface area contributed by atoms with Gasteiger partial charge in [-0.25, -0.2) is 18.9 Å². The quantitative estimate of drug-likeness (QED) is 0.612. The molecule has 28 heavy (non-hydrogen) atoms. The van der Waals surface area contributed by atoms with Gasteiger partial charge in [0.2, 0.25) is 0 Å². The smallest absolute Gasteiger partial charge is 0.422 e. The van der Waals surface area contributed by atoms with Crippen molar-refractivity contribution in [3.05, 3.63) is 47.7 Å². The maximum absolute atomic E-state index is 12.6. The summed E-state index contributed by atoms with van der Waals surface area (Å²) in [6.45, 7) is -1.47. The van der Waals surface area contributed by atoms with Gasteiger partial charge in [0.05, 0.1) is 16.1 Å². The fraction of sp³-hybridized carbons (Fsp3) is 0.176. The summed E-state index contributed by atoms with van der Waals surface area (Å²) in [5.74, 6) is 0.250. The van der Waals surface area contributed by atoms with Crippen LogP contribution in [0, 0.1) is 0 Å². The van der Waals surface area contributed by atoms with Gasteiger partial charge in [-0.15, -0.1) is 0 Å². The van der Waals surface area contributed by atoms with E-state index in [-0.39, 0.29) is 11.4 Å². The van der Waals surface area contributed by atoms with Crippen LogP contribution in [0.2, 0.25) is 5.02 Å². The van der Waals surface area contributed by atoms with Crippen molar-refractivity contribution in [3.8, 4) is 5.75 Å². The average molecular weight is 431 g/mol. The second-order valence-corrected chi connectivity index (χ2v) is 7.40. The van der Waals surface area contributed by atoms with E-state index >= 15 is 0 Å². The molecule has 0 aliphatic carbocycles. The van der Waals surface area contributed by atoms with E-state index in [1.165, 1.54) is 31.6 Å². The summed E-state index contributed by atoms with van der Waals surface area (Å²) in [6, 6.07) is 9.14. The summed E-state index contributed by atoms with van der Waals surface area (Å²) in [6.07, 6.45) is -3.19. The molecule has 2 N–H and O–H groups in total. The van der Waals surface area contributed by atoms with Crippen molar-refractivity contribution >= 4 is 45.0 Å². The van der Waals surface area contributed by atoms with Crippen LogP contribution in [0.3, 0.4) is 0 Å². The fourth-order valence-corrected chi connectivity index (χ4v) is 3.21. The van der Waals surface area contributed by atoms with Crippen LogP contribution in [0.15, 0.2) is 47.6 Å². The minimum absolute atomic E-state index is 0.0667. The normalized spacial score (nSPS) is 12.8. The molecule has 148 valence electrons. The zero-order chi connectivity index (χ0) is 20.3. The molecule has 0 saturated carbocycles. The number of halogens is 4. The number of nitrogens with zero attached hydrogens (tertiary/aromatic N) is 2. The Kier molecular flexibility index (Phi) is 6.01. The van der Waals surface area contributed by atoms with Crippen LogP contribution in [0.25, 0.3) is 10.9 Å². The van der Waals surface area contributed by atoms with E-state index in [1.807, 2.05) is 0 Å². The number of anilines is 2. The Morgan fingerprint density at radius 2 is 1.96 bits per heavy atom.